The van der Waals surface area contributed by atoms with Gasteiger partial charge in [0.15, 0.2) is 5.16 Å². The zero-order chi connectivity index (χ0) is 22.6. The minimum atomic E-state index is -0.152. The van der Waals surface area contributed by atoms with Crippen LogP contribution in [0.3, 0.4) is 0 Å². The number of aryl methyl sites for hydroxylation is 2. The monoisotopic (exact) mass is 475 g/mol. The van der Waals surface area contributed by atoms with Gasteiger partial charge in [0.25, 0.3) is 5.56 Å². The Bertz CT molecular complexity index is 1340. The fourth-order valence-corrected chi connectivity index (χ4v) is 5.98. The van der Waals surface area contributed by atoms with E-state index in [-0.39, 0.29) is 17.2 Å². The standard InChI is InChI=1S/C26H25N3O2S2/c30-22(27-13-12-17-6-2-1-3-7-17)16-33-26-28-24(31)23-21(15-32-25(23)29-26)20-11-10-18-8-4-5-9-19(18)14-20/h1-3,6-7,10-11,14-15H,4-5,8-9,12-13,16H2,(H,27,30)(H,28,29,31). The van der Waals surface area contributed by atoms with Crippen LogP contribution in [-0.2, 0) is 24.1 Å². The Morgan fingerprint density at radius 3 is 2.76 bits per heavy atom. The van der Waals surface area contributed by atoms with Crippen LogP contribution in [0.15, 0.2) is 63.9 Å². The van der Waals surface area contributed by atoms with Gasteiger partial charge in [-0.2, -0.15) is 0 Å². The molecule has 1 aliphatic rings. The van der Waals surface area contributed by atoms with Crippen LogP contribution in [0, 0.1) is 0 Å². The Kier molecular flexibility index (Phi) is 6.60. The van der Waals surface area contributed by atoms with Gasteiger partial charge in [0.05, 0.1) is 11.1 Å². The molecule has 168 valence electrons. The lowest BCUT2D eigenvalue weighted by atomic mass is 9.89. The zero-order valence-corrected chi connectivity index (χ0v) is 19.9. The van der Waals surface area contributed by atoms with E-state index in [1.165, 1.54) is 52.6 Å². The third-order valence-corrected chi connectivity index (χ3v) is 7.75. The van der Waals surface area contributed by atoms with E-state index >= 15 is 0 Å². The van der Waals surface area contributed by atoms with Gasteiger partial charge in [-0.15, -0.1) is 11.3 Å². The third-order valence-electron chi connectivity index (χ3n) is 6.00. The van der Waals surface area contributed by atoms with Crippen molar-refractivity contribution in [2.45, 2.75) is 37.3 Å². The summed E-state index contributed by atoms with van der Waals surface area (Å²) in [7, 11) is 0. The lowest BCUT2D eigenvalue weighted by Gasteiger charge is -2.16. The summed E-state index contributed by atoms with van der Waals surface area (Å²) in [6, 6.07) is 16.6. The van der Waals surface area contributed by atoms with E-state index < -0.39 is 0 Å². The van der Waals surface area contributed by atoms with Crippen LogP contribution in [0.4, 0.5) is 0 Å². The first-order valence-corrected chi connectivity index (χ1v) is 13.1. The number of aromatic nitrogens is 2. The van der Waals surface area contributed by atoms with Crippen LogP contribution < -0.4 is 10.9 Å². The SMILES string of the molecule is O=C(CSc1nc2scc(-c3ccc4c(c3)CCCC4)c2c(=O)[nH]1)NCCc1ccccc1. The molecule has 0 unspecified atom stereocenters. The van der Waals surface area contributed by atoms with Crippen molar-refractivity contribution in [2.24, 2.45) is 0 Å². The van der Waals surface area contributed by atoms with E-state index in [2.05, 4.69) is 33.5 Å². The number of aromatic amines is 1. The normalized spacial score (nSPS) is 13.1. The molecule has 1 amide bonds. The van der Waals surface area contributed by atoms with Crippen LogP contribution in [0.5, 0.6) is 0 Å². The number of nitrogens with zero attached hydrogens (tertiary/aromatic N) is 1. The van der Waals surface area contributed by atoms with Crippen molar-refractivity contribution in [2.75, 3.05) is 12.3 Å². The van der Waals surface area contributed by atoms with Crippen molar-refractivity contribution in [3.63, 3.8) is 0 Å². The van der Waals surface area contributed by atoms with Gasteiger partial charge in [0.2, 0.25) is 5.91 Å². The quantitative estimate of drug-likeness (QED) is 0.292. The molecule has 2 aromatic heterocycles. The van der Waals surface area contributed by atoms with Crippen LogP contribution in [0.25, 0.3) is 21.3 Å². The molecule has 0 atom stereocenters. The number of hydrogen-bond donors (Lipinski definition) is 2. The molecule has 2 N–H and O–H groups in total. The highest BCUT2D eigenvalue weighted by Gasteiger charge is 2.16. The first kappa shape index (κ1) is 21.9. The summed E-state index contributed by atoms with van der Waals surface area (Å²) in [5, 5.41) is 6.05. The van der Waals surface area contributed by atoms with Crippen molar-refractivity contribution < 1.29 is 4.79 Å². The number of nitrogens with one attached hydrogen (secondary N) is 2. The van der Waals surface area contributed by atoms with E-state index in [1.54, 1.807) is 0 Å². The summed E-state index contributed by atoms with van der Waals surface area (Å²) in [5.74, 6) is 0.145. The van der Waals surface area contributed by atoms with Crippen molar-refractivity contribution in [1.82, 2.24) is 15.3 Å². The number of carbonyl (C=O) groups excluding carboxylic acids is 1. The summed E-state index contributed by atoms with van der Waals surface area (Å²) < 4.78 is 0. The topological polar surface area (TPSA) is 74.8 Å². The largest absolute Gasteiger partial charge is 0.355 e. The summed E-state index contributed by atoms with van der Waals surface area (Å²) in [5.41, 5.74) is 5.88. The number of thiophene rings is 1. The van der Waals surface area contributed by atoms with Gasteiger partial charge in [-0.1, -0.05) is 60.3 Å². The average molecular weight is 476 g/mol. The summed E-state index contributed by atoms with van der Waals surface area (Å²) in [6.45, 7) is 0.585. The van der Waals surface area contributed by atoms with E-state index in [4.69, 9.17) is 0 Å². The molecule has 4 aromatic rings. The maximum atomic E-state index is 12.9. The van der Waals surface area contributed by atoms with E-state index in [9.17, 15) is 9.59 Å². The van der Waals surface area contributed by atoms with Gasteiger partial charge >= 0.3 is 0 Å². The fourth-order valence-electron chi connectivity index (χ4n) is 4.29. The molecule has 0 bridgehead atoms. The number of fused-ring (bicyclic) bond motifs is 2. The van der Waals surface area contributed by atoms with Crippen molar-refractivity contribution >= 4 is 39.2 Å². The Balaban J connectivity index is 1.25. The van der Waals surface area contributed by atoms with Gasteiger partial charge in [-0.25, -0.2) is 4.98 Å². The molecule has 5 rings (SSSR count). The van der Waals surface area contributed by atoms with Crippen molar-refractivity contribution in [3.8, 4) is 11.1 Å². The molecule has 0 saturated heterocycles. The average Bonchev–Trinajstić information content (AvgIpc) is 3.28. The molecule has 33 heavy (non-hydrogen) atoms. The smallest absolute Gasteiger partial charge is 0.260 e. The predicted molar refractivity (Wildman–Crippen MR) is 136 cm³/mol. The van der Waals surface area contributed by atoms with Gasteiger partial charge in [-0.3, -0.25) is 9.59 Å². The molecule has 7 heteroatoms. The summed E-state index contributed by atoms with van der Waals surface area (Å²) in [4.78, 5) is 33.3. The molecular formula is C26H25N3O2S2. The number of amides is 1. The lowest BCUT2D eigenvalue weighted by molar-refractivity contribution is -0.118. The number of thioether (sulfide) groups is 1. The van der Waals surface area contributed by atoms with E-state index in [0.717, 1.165) is 30.4 Å². The highest BCUT2D eigenvalue weighted by Crippen LogP contribution is 2.34. The van der Waals surface area contributed by atoms with E-state index in [0.29, 0.717) is 21.9 Å². The second-order valence-electron chi connectivity index (χ2n) is 8.27. The molecule has 2 aromatic carbocycles. The van der Waals surface area contributed by atoms with Gasteiger partial charge in [-0.05, 0) is 54.4 Å². The first-order valence-electron chi connectivity index (χ1n) is 11.2. The van der Waals surface area contributed by atoms with Crippen LogP contribution in [-0.4, -0.2) is 28.2 Å². The highest BCUT2D eigenvalue weighted by molar-refractivity contribution is 7.99. The van der Waals surface area contributed by atoms with Crippen molar-refractivity contribution in [1.29, 1.82) is 0 Å². The molecular weight excluding hydrogens is 450 g/mol. The lowest BCUT2D eigenvalue weighted by Crippen LogP contribution is -2.27. The molecule has 0 radical (unpaired) electrons. The Labute approximate surface area is 200 Å². The second-order valence-corrected chi connectivity index (χ2v) is 10.1. The molecule has 0 fully saturated rings. The predicted octanol–water partition coefficient (Wildman–Crippen LogP) is 4.98. The Morgan fingerprint density at radius 2 is 1.91 bits per heavy atom. The van der Waals surface area contributed by atoms with Crippen LogP contribution >= 0.6 is 23.1 Å². The van der Waals surface area contributed by atoms with Gasteiger partial charge < -0.3 is 10.3 Å². The van der Waals surface area contributed by atoms with Crippen molar-refractivity contribution in [3.05, 3.63) is 81.0 Å². The number of benzene rings is 2. The fraction of sp³-hybridized carbons (Fsp3) is 0.269. The maximum absolute atomic E-state index is 12.9. The Hall–Kier alpha value is -2.90. The zero-order valence-electron chi connectivity index (χ0n) is 18.2. The second kappa shape index (κ2) is 9.93. The molecule has 0 spiro atoms. The van der Waals surface area contributed by atoms with Crippen LogP contribution in [0.2, 0.25) is 0 Å². The number of carbonyl (C=O) groups is 1. The highest BCUT2D eigenvalue weighted by atomic mass is 32.2. The van der Waals surface area contributed by atoms with Gasteiger partial charge in [0, 0.05) is 17.5 Å². The number of hydrogen-bond acceptors (Lipinski definition) is 5. The maximum Gasteiger partial charge on any atom is 0.260 e. The molecule has 0 saturated carbocycles. The van der Waals surface area contributed by atoms with Crippen LogP contribution in [0.1, 0.15) is 29.5 Å². The molecule has 0 aliphatic heterocycles. The van der Waals surface area contributed by atoms with Gasteiger partial charge in [0.1, 0.15) is 4.83 Å². The molecule has 1 aliphatic carbocycles. The number of rotatable bonds is 7. The Morgan fingerprint density at radius 1 is 1.09 bits per heavy atom. The molecule has 5 nitrogen and oxygen atoms in total. The molecule has 2 heterocycles. The minimum absolute atomic E-state index is 0.0698. The summed E-state index contributed by atoms with van der Waals surface area (Å²) in [6.07, 6.45) is 5.52. The number of H-pyrrole nitrogens is 1. The third kappa shape index (κ3) is 5.04. The van der Waals surface area contributed by atoms with E-state index in [1.807, 2.05) is 35.7 Å². The first-order chi connectivity index (χ1) is 16.2. The summed E-state index contributed by atoms with van der Waals surface area (Å²) >= 11 is 2.73. The minimum Gasteiger partial charge on any atom is -0.355 e.